The molecule has 0 amide bonds. The molecule has 15 heavy (non-hydrogen) atoms. The predicted molar refractivity (Wildman–Crippen MR) is 53.6 cm³/mol. The van der Waals surface area contributed by atoms with Crippen LogP contribution in [0.3, 0.4) is 0 Å². The van der Waals surface area contributed by atoms with Crippen LogP contribution < -0.4 is 5.73 Å². The highest BCUT2D eigenvalue weighted by atomic mass is 19.4. The molecule has 2 N–H and O–H groups in total. The van der Waals surface area contributed by atoms with Crippen LogP contribution in [0.5, 0.6) is 0 Å². The van der Waals surface area contributed by atoms with Gasteiger partial charge in [0.25, 0.3) is 0 Å². The van der Waals surface area contributed by atoms with E-state index < -0.39 is 12.6 Å². The molecule has 0 aliphatic heterocycles. The summed E-state index contributed by atoms with van der Waals surface area (Å²) >= 11 is 0. The Hall–Kier alpha value is -0.290. The standard InChI is InChI=1S/C10H20F3NO/c1-3-5-9(15-2)8(14)6-4-7-10(11,12)13/h8-9H,3-7,14H2,1-2H3. The van der Waals surface area contributed by atoms with Gasteiger partial charge in [-0.3, -0.25) is 0 Å². The molecule has 0 aromatic carbocycles. The lowest BCUT2D eigenvalue weighted by Crippen LogP contribution is -2.36. The van der Waals surface area contributed by atoms with Crippen molar-refractivity contribution < 1.29 is 17.9 Å². The molecule has 0 aliphatic carbocycles. The largest absolute Gasteiger partial charge is 0.389 e. The van der Waals surface area contributed by atoms with Gasteiger partial charge in [-0.1, -0.05) is 13.3 Å². The van der Waals surface area contributed by atoms with Crippen LogP contribution in [0.2, 0.25) is 0 Å². The third kappa shape index (κ3) is 7.62. The van der Waals surface area contributed by atoms with E-state index >= 15 is 0 Å². The third-order valence-electron chi connectivity index (χ3n) is 2.35. The second-order valence-corrected chi connectivity index (χ2v) is 3.73. The minimum absolute atomic E-state index is 0.0776. The molecule has 0 rings (SSSR count). The highest BCUT2D eigenvalue weighted by molar-refractivity contribution is 4.73. The highest BCUT2D eigenvalue weighted by Crippen LogP contribution is 2.23. The molecule has 2 atom stereocenters. The number of alkyl halides is 3. The topological polar surface area (TPSA) is 35.2 Å². The van der Waals surface area contributed by atoms with Gasteiger partial charge >= 0.3 is 6.18 Å². The zero-order chi connectivity index (χ0) is 11.9. The van der Waals surface area contributed by atoms with E-state index in [1.54, 1.807) is 7.11 Å². The fourth-order valence-corrected chi connectivity index (χ4v) is 1.52. The Balaban J connectivity index is 3.75. The molecule has 0 aromatic rings. The quantitative estimate of drug-likeness (QED) is 0.725. The van der Waals surface area contributed by atoms with E-state index in [9.17, 15) is 13.2 Å². The van der Waals surface area contributed by atoms with Crippen LogP contribution in [-0.2, 0) is 4.74 Å². The lowest BCUT2D eigenvalue weighted by atomic mass is 10.0. The minimum Gasteiger partial charge on any atom is -0.380 e. The zero-order valence-electron chi connectivity index (χ0n) is 9.31. The van der Waals surface area contributed by atoms with Crippen molar-refractivity contribution in [2.75, 3.05) is 7.11 Å². The molecule has 0 fully saturated rings. The second kappa shape index (κ2) is 7.06. The van der Waals surface area contributed by atoms with Crippen molar-refractivity contribution in [2.45, 2.75) is 57.3 Å². The van der Waals surface area contributed by atoms with Crippen molar-refractivity contribution in [3.8, 4) is 0 Å². The molecule has 0 heterocycles. The van der Waals surface area contributed by atoms with Crippen molar-refractivity contribution in [1.29, 1.82) is 0 Å². The summed E-state index contributed by atoms with van der Waals surface area (Å²) in [4.78, 5) is 0. The van der Waals surface area contributed by atoms with Crippen molar-refractivity contribution in [3.63, 3.8) is 0 Å². The summed E-state index contributed by atoms with van der Waals surface area (Å²) in [7, 11) is 1.55. The number of methoxy groups -OCH3 is 1. The second-order valence-electron chi connectivity index (χ2n) is 3.73. The molecule has 5 heteroatoms. The summed E-state index contributed by atoms with van der Waals surface area (Å²) < 4.78 is 40.7. The number of nitrogens with two attached hydrogens (primary N) is 1. The van der Waals surface area contributed by atoms with Gasteiger partial charge in [-0.15, -0.1) is 0 Å². The van der Waals surface area contributed by atoms with Crippen molar-refractivity contribution in [2.24, 2.45) is 5.73 Å². The Bertz CT molecular complexity index is 161. The molecular formula is C10H20F3NO. The van der Waals surface area contributed by atoms with Gasteiger partial charge in [0.05, 0.1) is 6.10 Å². The summed E-state index contributed by atoms with van der Waals surface area (Å²) in [6, 6.07) is -0.294. The molecule has 0 spiro atoms. The number of hydrogen-bond donors (Lipinski definition) is 1. The Morgan fingerprint density at radius 3 is 2.27 bits per heavy atom. The summed E-state index contributed by atoms with van der Waals surface area (Å²) in [6.45, 7) is 1.99. The molecule has 92 valence electrons. The molecule has 2 nitrogen and oxygen atoms in total. The number of halogens is 3. The number of rotatable bonds is 7. The minimum atomic E-state index is -4.08. The van der Waals surface area contributed by atoms with Crippen LogP contribution in [0.15, 0.2) is 0 Å². The highest BCUT2D eigenvalue weighted by Gasteiger charge is 2.27. The summed E-state index contributed by atoms with van der Waals surface area (Å²) in [5.41, 5.74) is 5.75. The maximum Gasteiger partial charge on any atom is 0.389 e. The molecule has 0 bridgehead atoms. The first kappa shape index (κ1) is 14.7. The van der Waals surface area contributed by atoms with Crippen molar-refractivity contribution in [1.82, 2.24) is 0 Å². The molecule has 0 aromatic heterocycles. The predicted octanol–water partition coefficient (Wildman–Crippen LogP) is 2.86. The maximum absolute atomic E-state index is 11.9. The molecular weight excluding hydrogens is 207 g/mol. The van der Waals surface area contributed by atoms with Gasteiger partial charge in [0, 0.05) is 19.6 Å². The fraction of sp³-hybridized carbons (Fsp3) is 1.00. The summed E-state index contributed by atoms with van der Waals surface area (Å²) in [5.74, 6) is 0. The van der Waals surface area contributed by atoms with Crippen molar-refractivity contribution in [3.05, 3.63) is 0 Å². The Morgan fingerprint density at radius 1 is 1.27 bits per heavy atom. The Kier molecular flexibility index (Phi) is 6.92. The van der Waals surface area contributed by atoms with Crippen LogP contribution in [-0.4, -0.2) is 25.4 Å². The number of ether oxygens (including phenoxy) is 1. The van der Waals surface area contributed by atoms with Gasteiger partial charge in [-0.2, -0.15) is 13.2 Å². The fourth-order valence-electron chi connectivity index (χ4n) is 1.52. The van der Waals surface area contributed by atoms with E-state index in [0.29, 0.717) is 6.42 Å². The van der Waals surface area contributed by atoms with Crippen molar-refractivity contribution >= 4 is 0 Å². The van der Waals surface area contributed by atoms with E-state index in [4.69, 9.17) is 10.5 Å². The van der Waals surface area contributed by atoms with Gasteiger partial charge in [-0.05, 0) is 19.3 Å². The smallest absolute Gasteiger partial charge is 0.380 e. The lowest BCUT2D eigenvalue weighted by Gasteiger charge is -2.22. The van der Waals surface area contributed by atoms with Crippen LogP contribution >= 0.6 is 0 Å². The van der Waals surface area contributed by atoms with Gasteiger partial charge < -0.3 is 10.5 Å². The Morgan fingerprint density at radius 2 is 1.87 bits per heavy atom. The third-order valence-corrected chi connectivity index (χ3v) is 2.35. The lowest BCUT2D eigenvalue weighted by molar-refractivity contribution is -0.136. The molecule has 0 saturated heterocycles. The SMILES string of the molecule is CCCC(OC)C(N)CCCC(F)(F)F. The summed E-state index contributed by atoms with van der Waals surface area (Å²) in [6.07, 6.45) is -2.80. The van der Waals surface area contributed by atoms with Gasteiger partial charge in [0.15, 0.2) is 0 Å². The normalized spacial score (nSPS) is 16.4. The van der Waals surface area contributed by atoms with E-state index in [1.807, 2.05) is 6.92 Å². The van der Waals surface area contributed by atoms with E-state index in [-0.39, 0.29) is 18.6 Å². The zero-order valence-corrected chi connectivity index (χ0v) is 9.31. The van der Waals surface area contributed by atoms with Gasteiger partial charge in [0.1, 0.15) is 0 Å². The van der Waals surface area contributed by atoms with Crippen LogP contribution in [0, 0.1) is 0 Å². The molecule has 2 unspecified atom stereocenters. The first-order chi connectivity index (χ1) is 6.90. The molecule has 0 saturated carbocycles. The molecule has 0 radical (unpaired) electrons. The summed E-state index contributed by atoms with van der Waals surface area (Å²) in [5, 5.41) is 0. The first-order valence-corrected chi connectivity index (χ1v) is 5.25. The molecule has 0 aliphatic rings. The first-order valence-electron chi connectivity index (χ1n) is 5.25. The average molecular weight is 227 g/mol. The Labute approximate surface area is 89.0 Å². The van der Waals surface area contributed by atoms with Crippen LogP contribution in [0.4, 0.5) is 13.2 Å². The van der Waals surface area contributed by atoms with E-state index in [0.717, 1.165) is 12.8 Å². The van der Waals surface area contributed by atoms with Crippen LogP contribution in [0.1, 0.15) is 39.0 Å². The number of hydrogen-bond acceptors (Lipinski definition) is 2. The average Bonchev–Trinajstić information content (AvgIpc) is 2.11. The van der Waals surface area contributed by atoms with E-state index in [2.05, 4.69) is 0 Å². The van der Waals surface area contributed by atoms with Gasteiger partial charge in [-0.25, -0.2) is 0 Å². The maximum atomic E-state index is 11.9. The monoisotopic (exact) mass is 227 g/mol. The van der Waals surface area contributed by atoms with E-state index in [1.165, 1.54) is 0 Å². The van der Waals surface area contributed by atoms with Gasteiger partial charge in [0.2, 0.25) is 0 Å². The van der Waals surface area contributed by atoms with Crippen LogP contribution in [0.25, 0.3) is 0 Å².